The van der Waals surface area contributed by atoms with Crippen LogP contribution in [0, 0.1) is 0 Å². The van der Waals surface area contributed by atoms with Crippen molar-refractivity contribution < 1.29 is 4.79 Å². The molecule has 0 aliphatic heterocycles. The van der Waals surface area contributed by atoms with E-state index in [1.54, 1.807) is 6.08 Å². The van der Waals surface area contributed by atoms with E-state index in [1.165, 1.54) is 24.6 Å². The summed E-state index contributed by atoms with van der Waals surface area (Å²) in [5.74, 6) is 0.749. The summed E-state index contributed by atoms with van der Waals surface area (Å²) >= 11 is 7.84. The summed E-state index contributed by atoms with van der Waals surface area (Å²) in [6, 6.07) is 8.04. The molecule has 0 saturated heterocycles. The van der Waals surface area contributed by atoms with Crippen molar-refractivity contribution in [2.45, 2.75) is 49.1 Å². The van der Waals surface area contributed by atoms with Gasteiger partial charge in [0, 0.05) is 18.2 Å². The molecule has 1 aromatic carbocycles. The van der Waals surface area contributed by atoms with Gasteiger partial charge in [0.1, 0.15) is 0 Å². The Balaban J connectivity index is 1.92. The van der Waals surface area contributed by atoms with Crippen LogP contribution in [0.2, 0.25) is 5.02 Å². The Hall–Kier alpha value is -1.79. The van der Waals surface area contributed by atoms with Gasteiger partial charge in [-0.25, -0.2) is 0 Å². The topological polar surface area (TPSA) is 59.8 Å². The normalized spacial score (nSPS) is 15.8. The number of hydrogen-bond acceptors (Lipinski definition) is 4. The Bertz CT molecular complexity index is 786. The molecule has 138 valence electrons. The predicted octanol–water partition coefficient (Wildman–Crippen LogP) is 4.50. The number of nitrogens with zero attached hydrogens (tertiary/aromatic N) is 3. The van der Waals surface area contributed by atoms with Gasteiger partial charge in [0.25, 0.3) is 0 Å². The second kappa shape index (κ2) is 8.73. The SMILES string of the molecule is C=CCNC(=O)[C@H](C)Sc1nnc(-c2ccccc2Cl)n1C1CCCC1. The third kappa shape index (κ3) is 4.13. The lowest BCUT2D eigenvalue weighted by Gasteiger charge is -2.18. The Morgan fingerprint density at radius 2 is 2.15 bits per heavy atom. The van der Waals surface area contributed by atoms with E-state index in [0.29, 0.717) is 17.6 Å². The summed E-state index contributed by atoms with van der Waals surface area (Å²) in [5.41, 5.74) is 0.879. The number of carbonyl (C=O) groups is 1. The summed E-state index contributed by atoms with van der Waals surface area (Å²) in [4.78, 5) is 12.2. The zero-order chi connectivity index (χ0) is 18.5. The third-order valence-corrected chi connectivity index (χ3v) is 5.93. The molecule has 1 aliphatic rings. The number of hydrogen-bond donors (Lipinski definition) is 1. The number of nitrogens with one attached hydrogen (secondary N) is 1. The van der Waals surface area contributed by atoms with Crippen LogP contribution in [-0.2, 0) is 4.79 Å². The van der Waals surface area contributed by atoms with Crippen LogP contribution in [0.4, 0.5) is 0 Å². The first kappa shape index (κ1) is 19.0. The van der Waals surface area contributed by atoms with Crippen molar-refractivity contribution in [1.82, 2.24) is 20.1 Å². The molecule has 1 amide bonds. The molecule has 7 heteroatoms. The molecule has 1 heterocycles. The van der Waals surface area contributed by atoms with E-state index in [1.807, 2.05) is 31.2 Å². The summed E-state index contributed by atoms with van der Waals surface area (Å²) in [6.07, 6.45) is 6.26. The Labute approximate surface area is 163 Å². The van der Waals surface area contributed by atoms with Crippen LogP contribution in [0.5, 0.6) is 0 Å². The highest BCUT2D eigenvalue weighted by Crippen LogP contribution is 2.38. The number of carbonyl (C=O) groups excluding carboxylic acids is 1. The molecule has 1 atom stereocenters. The zero-order valence-corrected chi connectivity index (χ0v) is 16.4. The largest absolute Gasteiger partial charge is 0.352 e. The van der Waals surface area contributed by atoms with E-state index in [9.17, 15) is 4.79 Å². The molecule has 1 N–H and O–H groups in total. The van der Waals surface area contributed by atoms with Crippen LogP contribution in [0.1, 0.15) is 38.6 Å². The minimum Gasteiger partial charge on any atom is -0.352 e. The highest BCUT2D eigenvalue weighted by atomic mass is 35.5. The highest BCUT2D eigenvalue weighted by Gasteiger charge is 2.27. The average molecular weight is 391 g/mol. The molecule has 1 saturated carbocycles. The van der Waals surface area contributed by atoms with Gasteiger partial charge in [0.15, 0.2) is 11.0 Å². The molecule has 1 aromatic heterocycles. The van der Waals surface area contributed by atoms with Crippen LogP contribution in [0.15, 0.2) is 42.1 Å². The molecule has 1 fully saturated rings. The number of aromatic nitrogens is 3. The molecule has 5 nitrogen and oxygen atoms in total. The summed E-state index contributed by atoms with van der Waals surface area (Å²) in [7, 11) is 0. The molecule has 0 radical (unpaired) electrons. The van der Waals surface area contributed by atoms with Crippen LogP contribution in [-0.4, -0.2) is 32.5 Å². The van der Waals surface area contributed by atoms with Gasteiger partial charge in [-0.2, -0.15) is 0 Å². The minimum absolute atomic E-state index is 0.0323. The fourth-order valence-corrected chi connectivity index (χ4v) is 4.37. The van der Waals surface area contributed by atoms with Gasteiger partial charge >= 0.3 is 0 Å². The molecule has 1 aliphatic carbocycles. The summed E-state index contributed by atoms with van der Waals surface area (Å²) in [6.45, 7) is 5.97. The minimum atomic E-state index is -0.265. The van der Waals surface area contributed by atoms with Crippen LogP contribution in [0.25, 0.3) is 11.4 Å². The van der Waals surface area contributed by atoms with Crippen LogP contribution in [0.3, 0.4) is 0 Å². The summed E-state index contributed by atoms with van der Waals surface area (Å²) < 4.78 is 2.18. The van der Waals surface area contributed by atoms with Gasteiger partial charge in [-0.1, -0.05) is 54.4 Å². The first-order chi connectivity index (χ1) is 12.6. The van der Waals surface area contributed by atoms with Gasteiger partial charge in [0.05, 0.1) is 10.3 Å². The lowest BCUT2D eigenvalue weighted by molar-refractivity contribution is -0.120. The van der Waals surface area contributed by atoms with Crippen LogP contribution < -0.4 is 5.32 Å². The molecule has 0 bridgehead atoms. The van der Waals surface area contributed by atoms with E-state index in [2.05, 4.69) is 26.7 Å². The van der Waals surface area contributed by atoms with Crippen molar-refractivity contribution in [2.24, 2.45) is 0 Å². The van der Waals surface area contributed by atoms with Crippen LogP contribution >= 0.6 is 23.4 Å². The second-order valence-electron chi connectivity index (χ2n) is 6.39. The van der Waals surface area contributed by atoms with Crippen molar-refractivity contribution in [3.8, 4) is 11.4 Å². The van der Waals surface area contributed by atoms with E-state index in [-0.39, 0.29) is 11.2 Å². The lowest BCUT2D eigenvalue weighted by Crippen LogP contribution is -2.31. The number of halogens is 1. The Morgan fingerprint density at radius 3 is 2.85 bits per heavy atom. The molecular weight excluding hydrogens is 368 g/mol. The maximum Gasteiger partial charge on any atom is 0.233 e. The van der Waals surface area contributed by atoms with Gasteiger partial charge in [-0.15, -0.1) is 16.8 Å². The predicted molar refractivity (Wildman–Crippen MR) is 106 cm³/mol. The Kier molecular flexibility index (Phi) is 6.38. The second-order valence-corrected chi connectivity index (χ2v) is 8.10. The number of rotatable bonds is 7. The van der Waals surface area contributed by atoms with Gasteiger partial charge in [-0.3, -0.25) is 9.36 Å². The molecule has 3 rings (SSSR count). The van der Waals surface area contributed by atoms with E-state index in [0.717, 1.165) is 29.4 Å². The van der Waals surface area contributed by atoms with E-state index in [4.69, 9.17) is 11.6 Å². The maximum atomic E-state index is 12.2. The number of amides is 1. The molecular formula is C19H23ClN4OS. The van der Waals surface area contributed by atoms with Crippen molar-refractivity contribution in [1.29, 1.82) is 0 Å². The maximum absolute atomic E-state index is 12.2. The number of benzene rings is 1. The van der Waals surface area contributed by atoms with E-state index < -0.39 is 0 Å². The summed E-state index contributed by atoms with van der Waals surface area (Å²) in [5, 5.41) is 12.8. The zero-order valence-electron chi connectivity index (χ0n) is 14.8. The number of thioether (sulfide) groups is 1. The lowest BCUT2D eigenvalue weighted by atomic mass is 10.2. The standard InChI is InChI=1S/C19H23ClN4OS/c1-3-12-21-18(25)13(2)26-19-23-22-17(15-10-6-7-11-16(15)20)24(19)14-8-4-5-9-14/h3,6-7,10-11,13-14H,1,4-5,8-9,12H2,2H3,(H,21,25)/t13-/m0/s1. The fraction of sp³-hybridized carbons (Fsp3) is 0.421. The van der Waals surface area contributed by atoms with Crippen molar-refractivity contribution >= 4 is 29.3 Å². The average Bonchev–Trinajstić information content (AvgIpc) is 3.29. The molecule has 26 heavy (non-hydrogen) atoms. The molecule has 2 aromatic rings. The third-order valence-electron chi connectivity index (χ3n) is 4.54. The van der Waals surface area contributed by atoms with Crippen molar-refractivity contribution in [3.05, 3.63) is 41.9 Å². The van der Waals surface area contributed by atoms with E-state index >= 15 is 0 Å². The van der Waals surface area contributed by atoms with Crippen molar-refractivity contribution in [3.63, 3.8) is 0 Å². The molecule has 0 unspecified atom stereocenters. The fourth-order valence-electron chi connectivity index (χ4n) is 3.20. The van der Waals surface area contributed by atoms with Gasteiger partial charge in [-0.05, 0) is 31.9 Å². The molecule has 0 spiro atoms. The van der Waals surface area contributed by atoms with Gasteiger partial charge < -0.3 is 5.32 Å². The highest BCUT2D eigenvalue weighted by molar-refractivity contribution is 8.00. The quantitative estimate of drug-likeness (QED) is 0.558. The monoisotopic (exact) mass is 390 g/mol. The first-order valence-corrected chi connectivity index (χ1v) is 10.1. The smallest absolute Gasteiger partial charge is 0.233 e. The van der Waals surface area contributed by atoms with Crippen molar-refractivity contribution in [2.75, 3.05) is 6.54 Å². The van der Waals surface area contributed by atoms with Gasteiger partial charge in [0.2, 0.25) is 5.91 Å². The first-order valence-electron chi connectivity index (χ1n) is 8.87. The Morgan fingerprint density at radius 1 is 1.42 bits per heavy atom.